The molecule has 0 unspecified atom stereocenters. The van der Waals surface area contributed by atoms with Gasteiger partial charge in [0.05, 0.1) is 6.20 Å². The Morgan fingerprint density at radius 2 is 1.94 bits per heavy atom. The summed E-state index contributed by atoms with van der Waals surface area (Å²) >= 11 is 3.22. The number of ether oxygens (including phenoxy) is 1. The number of hydrogen-bond acceptors (Lipinski definition) is 7. The van der Waals surface area contributed by atoms with Gasteiger partial charge in [-0.1, -0.05) is 24.3 Å². The van der Waals surface area contributed by atoms with Crippen molar-refractivity contribution >= 4 is 39.8 Å². The number of aromatic nitrogens is 2. The molecule has 1 aromatic heterocycles. The fourth-order valence-corrected chi connectivity index (χ4v) is 5.07. The first-order chi connectivity index (χ1) is 15.5. The van der Waals surface area contributed by atoms with Gasteiger partial charge in [0.1, 0.15) is 16.0 Å². The van der Waals surface area contributed by atoms with Gasteiger partial charge in [-0.2, -0.15) is 4.90 Å². The minimum absolute atomic E-state index is 0.00270. The Morgan fingerprint density at radius 1 is 1.27 bits per heavy atom. The van der Waals surface area contributed by atoms with Crippen LogP contribution in [0, 0.1) is 5.41 Å². The van der Waals surface area contributed by atoms with E-state index in [2.05, 4.69) is 49.0 Å². The largest absolute Gasteiger partial charge is 0.464 e. The number of carbonyl (C=O) groups is 2. The molecule has 1 aliphatic carbocycles. The average molecular weight is 518 g/mol. The number of anilines is 2. The molecule has 2 aliphatic rings. The molecule has 1 saturated heterocycles. The van der Waals surface area contributed by atoms with Crippen molar-refractivity contribution in [2.24, 2.45) is 11.1 Å². The molecule has 0 bridgehead atoms. The third-order valence-electron chi connectivity index (χ3n) is 6.35. The molecular weight excluding hydrogens is 490 g/mol. The molecule has 0 saturated carbocycles. The summed E-state index contributed by atoms with van der Waals surface area (Å²) in [5.74, 6) is 0.376. The van der Waals surface area contributed by atoms with E-state index in [1.807, 2.05) is 6.07 Å². The molecule has 2 heterocycles. The Hall–Kier alpha value is -2.72. The fourth-order valence-electron chi connectivity index (χ4n) is 4.70. The number of carboxylic acid groups (broad SMARTS) is 1. The molecule has 2 aromatic rings. The standard InChI is InChI=1S/C23H28BrN5O4/c1-22(2,3)33-21(32)29(20(30)31)19-18(24)26-13-16(27-19)28-10-8-23(9-11-28)12-14-6-4-5-7-15(14)17(23)25/h4-7,13,17H,8-12,25H2,1-3H3,(H,30,31)/t17-/m1/s1. The summed E-state index contributed by atoms with van der Waals surface area (Å²) in [6, 6.07) is 8.35. The number of carbonyl (C=O) groups excluding carboxylic acids is 1. The molecule has 1 atom stereocenters. The Balaban J connectivity index is 1.54. The molecule has 4 rings (SSSR count). The number of hydrogen-bond donors (Lipinski definition) is 2. The zero-order valence-corrected chi connectivity index (χ0v) is 20.5. The molecular formula is C23H28BrN5O4. The van der Waals surface area contributed by atoms with Gasteiger partial charge in [0.15, 0.2) is 5.82 Å². The highest BCUT2D eigenvalue weighted by atomic mass is 79.9. The van der Waals surface area contributed by atoms with Gasteiger partial charge in [0.25, 0.3) is 0 Å². The molecule has 0 radical (unpaired) electrons. The van der Waals surface area contributed by atoms with Crippen LogP contribution in [-0.4, -0.2) is 46.0 Å². The Kier molecular flexibility index (Phi) is 6.09. The van der Waals surface area contributed by atoms with Crippen molar-refractivity contribution < 1.29 is 19.4 Å². The summed E-state index contributed by atoms with van der Waals surface area (Å²) in [4.78, 5) is 35.7. The van der Waals surface area contributed by atoms with E-state index in [4.69, 9.17) is 10.5 Å². The van der Waals surface area contributed by atoms with Crippen LogP contribution in [0.2, 0.25) is 0 Å². The van der Waals surface area contributed by atoms with Crippen molar-refractivity contribution in [2.75, 3.05) is 22.9 Å². The van der Waals surface area contributed by atoms with Gasteiger partial charge in [-0.3, -0.25) is 0 Å². The van der Waals surface area contributed by atoms with Crippen LogP contribution in [-0.2, 0) is 11.2 Å². The number of nitrogens with two attached hydrogens (primary N) is 1. The lowest BCUT2D eigenvalue weighted by Gasteiger charge is -2.42. The molecule has 176 valence electrons. The molecule has 1 fully saturated rings. The van der Waals surface area contributed by atoms with E-state index < -0.39 is 17.8 Å². The predicted molar refractivity (Wildman–Crippen MR) is 127 cm³/mol. The van der Waals surface area contributed by atoms with E-state index in [0.29, 0.717) is 23.8 Å². The van der Waals surface area contributed by atoms with E-state index in [1.165, 1.54) is 11.1 Å². The molecule has 2 amide bonds. The SMILES string of the molecule is CC(C)(C)OC(=O)N(C(=O)O)c1nc(N2CCC3(CC2)Cc2ccccc2[C@H]3N)cnc1Br. The number of rotatable bonds is 2. The smallest absolute Gasteiger partial charge is 0.425 e. The van der Waals surface area contributed by atoms with Crippen LogP contribution in [0.1, 0.15) is 50.8 Å². The van der Waals surface area contributed by atoms with Gasteiger partial charge in [0.2, 0.25) is 0 Å². The lowest BCUT2D eigenvalue weighted by Crippen LogP contribution is -2.45. The molecule has 1 aliphatic heterocycles. The van der Waals surface area contributed by atoms with Crippen molar-refractivity contribution in [1.82, 2.24) is 9.97 Å². The Morgan fingerprint density at radius 3 is 2.55 bits per heavy atom. The van der Waals surface area contributed by atoms with Gasteiger partial charge in [-0.25, -0.2) is 19.6 Å². The Labute approximate surface area is 201 Å². The van der Waals surface area contributed by atoms with Crippen LogP contribution >= 0.6 is 15.9 Å². The number of halogens is 1. The third kappa shape index (κ3) is 4.54. The second-order valence-electron chi connectivity index (χ2n) is 9.64. The number of nitrogens with zero attached hydrogens (tertiary/aromatic N) is 4. The van der Waals surface area contributed by atoms with E-state index in [-0.39, 0.29) is 21.9 Å². The maximum absolute atomic E-state index is 12.6. The number of amides is 2. The van der Waals surface area contributed by atoms with Gasteiger partial charge in [-0.15, -0.1) is 0 Å². The lowest BCUT2D eigenvalue weighted by molar-refractivity contribution is 0.0580. The van der Waals surface area contributed by atoms with Crippen LogP contribution in [0.25, 0.3) is 0 Å². The van der Waals surface area contributed by atoms with Gasteiger partial charge >= 0.3 is 12.2 Å². The van der Waals surface area contributed by atoms with E-state index in [9.17, 15) is 14.7 Å². The quantitative estimate of drug-likeness (QED) is 0.596. The minimum Gasteiger partial charge on any atom is -0.464 e. The van der Waals surface area contributed by atoms with Crippen LogP contribution in [0.3, 0.4) is 0 Å². The first-order valence-electron chi connectivity index (χ1n) is 10.9. The number of fused-ring (bicyclic) bond motifs is 1. The van der Waals surface area contributed by atoms with Crippen LogP contribution in [0.4, 0.5) is 21.2 Å². The summed E-state index contributed by atoms with van der Waals surface area (Å²) in [5.41, 5.74) is 8.36. The average Bonchev–Trinajstić information content (AvgIpc) is 3.00. The van der Waals surface area contributed by atoms with Crippen LogP contribution < -0.4 is 15.5 Å². The fraction of sp³-hybridized carbons (Fsp3) is 0.478. The van der Waals surface area contributed by atoms with E-state index in [0.717, 1.165) is 19.3 Å². The molecule has 3 N–H and O–H groups in total. The van der Waals surface area contributed by atoms with E-state index in [1.54, 1.807) is 27.0 Å². The zero-order chi connectivity index (χ0) is 24.0. The van der Waals surface area contributed by atoms with Gasteiger partial charge < -0.3 is 20.5 Å². The van der Waals surface area contributed by atoms with Crippen molar-refractivity contribution in [3.63, 3.8) is 0 Å². The summed E-state index contributed by atoms with van der Waals surface area (Å²) in [6.07, 6.45) is 1.76. The van der Waals surface area contributed by atoms with Crippen LogP contribution in [0.15, 0.2) is 35.1 Å². The maximum Gasteiger partial charge on any atom is 0.425 e. The molecule has 33 heavy (non-hydrogen) atoms. The summed E-state index contributed by atoms with van der Waals surface area (Å²) in [6.45, 7) is 6.40. The van der Waals surface area contributed by atoms with Crippen molar-refractivity contribution in [2.45, 2.75) is 51.7 Å². The summed E-state index contributed by atoms with van der Waals surface area (Å²) in [7, 11) is 0. The maximum atomic E-state index is 12.6. The summed E-state index contributed by atoms with van der Waals surface area (Å²) < 4.78 is 5.39. The van der Waals surface area contributed by atoms with Crippen LogP contribution in [0.5, 0.6) is 0 Å². The first kappa shape index (κ1) is 23.4. The lowest BCUT2D eigenvalue weighted by atomic mass is 9.73. The third-order valence-corrected chi connectivity index (χ3v) is 6.91. The minimum atomic E-state index is -1.50. The van der Waals surface area contributed by atoms with Gasteiger partial charge in [0, 0.05) is 19.1 Å². The highest BCUT2D eigenvalue weighted by molar-refractivity contribution is 9.10. The van der Waals surface area contributed by atoms with Crippen molar-refractivity contribution in [3.05, 3.63) is 46.2 Å². The molecule has 1 aromatic carbocycles. The highest BCUT2D eigenvalue weighted by Gasteiger charge is 2.46. The van der Waals surface area contributed by atoms with Crippen molar-refractivity contribution in [1.29, 1.82) is 0 Å². The highest BCUT2D eigenvalue weighted by Crippen LogP contribution is 2.51. The zero-order valence-electron chi connectivity index (χ0n) is 18.9. The predicted octanol–water partition coefficient (Wildman–Crippen LogP) is 4.50. The molecule has 10 heteroatoms. The monoisotopic (exact) mass is 517 g/mol. The number of imide groups is 1. The van der Waals surface area contributed by atoms with Gasteiger partial charge in [-0.05, 0) is 72.5 Å². The second-order valence-corrected chi connectivity index (χ2v) is 10.4. The topological polar surface area (TPSA) is 122 Å². The molecule has 9 nitrogen and oxygen atoms in total. The van der Waals surface area contributed by atoms with E-state index >= 15 is 0 Å². The van der Waals surface area contributed by atoms with Crippen molar-refractivity contribution in [3.8, 4) is 0 Å². The molecule has 1 spiro atoms. The Bertz CT molecular complexity index is 1080. The number of benzene rings is 1. The second kappa shape index (κ2) is 8.57. The normalized spacial score (nSPS) is 19.3. The summed E-state index contributed by atoms with van der Waals surface area (Å²) in [5, 5.41) is 9.68. The number of piperidine rings is 1. The first-order valence-corrected chi connectivity index (χ1v) is 11.7.